The van der Waals surface area contributed by atoms with Gasteiger partial charge in [0, 0.05) is 30.9 Å². The van der Waals surface area contributed by atoms with E-state index < -0.39 is 66.3 Å². The monoisotopic (exact) mass is 749 g/mol. The summed E-state index contributed by atoms with van der Waals surface area (Å²) in [7, 11) is 1.68. The molecule has 3 fully saturated rings. The number of rotatable bonds is 15. The zero-order chi connectivity index (χ0) is 36.3. The second kappa shape index (κ2) is 15.6. The van der Waals surface area contributed by atoms with E-state index in [4.69, 9.17) is 9.47 Å². The van der Waals surface area contributed by atoms with E-state index >= 15 is 0 Å². The fourth-order valence-electron chi connectivity index (χ4n) is 7.96. The zero-order valence-electron chi connectivity index (χ0n) is 29.2. The van der Waals surface area contributed by atoms with Crippen molar-refractivity contribution in [2.45, 2.75) is 86.8 Å². The molecule has 3 aliphatic rings. The summed E-state index contributed by atoms with van der Waals surface area (Å²) in [5.41, 5.74) is -0.0123. The molecule has 1 N–H and O–H groups in total. The number of nitrogens with zero attached hydrogens (tertiary/aromatic N) is 3. The van der Waals surface area contributed by atoms with E-state index in [0.717, 1.165) is 0 Å². The van der Waals surface area contributed by atoms with Gasteiger partial charge in [0.1, 0.15) is 17.7 Å². The van der Waals surface area contributed by atoms with Crippen molar-refractivity contribution in [1.29, 1.82) is 0 Å². The maximum atomic E-state index is 14.9. The lowest BCUT2D eigenvalue weighted by molar-refractivity contribution is -0.165. The normalized spacial score (nSPS) is 27.0. The van der Waals surface area contributed by atoms with Crippen molar-refractivity contribution < 1.29 is 33.8 Å². The fourth-order valence-corrected chi connectivity index (χ4v) is 8.90. The molecule has 3 aliphatic heterocycles. The minimum absolute atomic E-state index is 0.120. The van der Waals surface area contributed by atoms with E-state index in [1.807, 2.05) is 81.4 Å². The molecule has 3 amide bonds. The van der Waals surface area contributed by atoms with E-state index in [0.29, 0.717) is 24.0 Å². The van der Waals surface area contributed by atoms with Gasteiger partial charge in [-0.05, 0) is 44.7 Å². The van der Waals surface area contributed by atoms with Crippen LogP contribution in [0.4, 0.5) is 0 Å². The van der Waals surface area contributed by atoms with Gasteiger partial charge >= 0.3 is 5.97 Å². The number of hydrogen-bond acceptors (Lipinski definition) is 7. The SMILES string of the molecule is C=CCCC(=O)N(C)[C@@H](C)[C@@H](OC(=O)[C@@H]1[C@H]2O[C@@]3(CC2Br)[C@H](C(=O)N(CC=C)C(C)C)N([C@H](CO)c2ccccc2)C(=O)[C@@H]13)c1ccccc1. The largest absolute Gasteiger partial charge is 0.455 e. The first kappa shape index (κ1) is 37.5. The van der Waals surface area contributed by atoms with Crippen LogP contribution in [0, 0.1) is 11.8 Å². The molecule has 268 valence electrons. The Hall–Kier alpha value is -3.80. The lowest BCUT2D eigenvalue weighted by Crippen LogP contribution is -2.58. The maximum Gasteiger partial charge on any atom is 0.313 e. The first-order chi connectivity index (χ1) is 23.9. The van der Waals surface area contributed by atoms with Gasteiger partial charge in [0.25, 0.3) is 0 Å². The van der Waals surface area contributed by atoms with Crippen molar-refractivity contribution in [3.8, 4) is 0 Å². The Morgan fingerprint density at radius 3 is 2.24 bits per heavy atom. The summed E-state index contributed by atoms with van der Waals surface area (Å²) in [6, 6.07) is 15.5. The Morgan fingerprint density at radius 2 is 1.68 bits per heavy atom. The highest BCUT2D eigenvalue weighted by Crippen LogP contribution is 2.61. The number of esters is 1. The van der Waals surface area contributed by atoms with Gasteiger partial charge in [-0.25, -0.2) is 0 Å². The van der Waals surface area contributed by atoms with Crippen LogP contribution in [-0.4, -0.2) is 98.4 Å². The minimum atomic E-state index is -1.36. The Morgan fingerprint density at radius 1 is 1.06 bits per heavy atom. The van der Waals surface area contributed by atoms with E-state index in [-0.39, 0.29) is 35.6 Å². The van der Waals surface area contributed by atoms with Gasteiger partial charge in [0.15, 0.2) is 0 Å². The molecule has 1 unspecified atom stereocenters. The number of aliphatic hydroxyl groups is 1. The molecule has 10 nitrogen and oxygen atoms in total. The number of carbonyl (C=O) groups is 4. The van der Waals surface area contributed by atoms with Crippen molar-refractivity contribution in [3.05, 3.63) is 97.1 Å². The highest BCUT2D eigenvalue weighted by atomic mass is 79.9. The molecule has 0 radical (unpaired) electrons. The topological polar surface area (TPSA) is 117 Å². The average Bonchev–Trinajstić information content (AvgIpc) is 3.71. The summed E-state index contributed by atoms with van der Waals surface area (Å²) in [5, 5.41) is 10.8. The molecular formula is C39H48BrN3O7. The number of likely N-dealkylation sites (tertiary alicyclic amines) is 1. The standard InChI is InChI=1S/C39H48BrN3O7/c1-7-9-20-30(45)41(6)25(5)33(27-18-14-11-15-19-27)49-38(48)31-32-36(46)43(29(23-44)26-16-12-10-13-17-26)35(37(47)42(21-8-2)24(3)4)39(32)22-28(40)34(31)50-39/h7-8,10-19,24-25,28-29,31-35,44H,1-2,9,20-23H2,3-6H3/t25-,28?,29+,31-,32+,33+,34-,35-,39+/m0/s1. The molecule has 5 rings (SSSR count). The second-order valence-corrected chi connectivity index (χ2v) is 14.9. The van der Waals surface area contributed by atoms with Crippen LogP contribution in [0.25, 0.3) is 0 Å². The molecule has 0 saturated carbocycles. The summed E-state index contributed by atoms with van der Waals surface area (Å²) in [5.74, 6) is -3.65. The van der Waals surface area contributed by atoms with Gasteiger partial charge < -0.3 is 29.3 Å². The van der Waals surface area contributed by atoms with Gasteiger partial charge in [0.05, 0.1) is 36.6 Å². The number of carbonyl (C=O) groups excluding carboxylic acids is 4. The highest BCUT2D eigenvalue weighted by Gasteiger charge is 2.77. The lowest BCUT2D eigenvalue weighted by Gasteiger charge is -2.40. The van der Waals surface area contributed by atoms with Gasteiger partial charge in [-0.2, -0.15) is 0 Å². The van der Waals surface area contributed by atoms with Crippen LogP contribution in [0.2, 0.25) is 0 Å². The quantitative estimate of drug-likeness (QED) is 0.155. The number of allylic oxidation sites excluding steroid dienone is 1. The predicted octanol–water partition coefficient (Wildman–Crippen LogP) is 4.99. The van der Waals surface area contributed by atoms with E-state index in [1.165, 1.54) is 4.90 Å². The number of halogens is 1. The first-order valence-corrected chi connectivity index (χ1v) is 18.2. The number of aliphatic hydroxyl groups excluding tert-OH is 1. The molecular weight excluding hydrogens is 702 g/mol. The number of likely N-dealkylation sites (N-methyl/N-ethyl adjacent to an activating group) is 1. The summed E-state index contributed by atoms with van der Waals surface area (Å²) in [4.78, 5) is 61.5. The van der Waals surface area contributed by atoms with E-state index in [9.17, 15) is 24.3 Å². The highest BCUT2D eigenvalue weighted by molar-refractivity contribution is 9.09. The molecule has 0 aliphatic carbocycles. The molecule has 2 bridgehead atoms. The van der Waals surface area contributed by atoms with Crippen LogP contribution in [0.5, 0.6) is 0 Å². The van der Waals surface area contributed by atoms with Crippen molar-refractivity contribution in [1.82, 2.24) is 14.7 Å². The fraction of sp³-hybridized carbons (Fsp3) is 0.487. The van der Waals surface area contributed by atoms with Crippen molar-refractivity contribution in [2.24, 2.45) is 11.8 Å². The maximum absolute atomic E-state index is 14.9. The molecule has 2 aromatic rings. The smallest absolute Gasteiger partial charge is 0.313 e. The van der Waals surface area contributed by atoms with Gasteiger partial charge in [0.2, 0.25) is 17.7 Å². The number of fused-ring (bicyclic) bond motifs is 1. The predicted molar refractivity (Wildman–Crippen MR) is 193 cm³/mol. The number of amides is 3. The van der Waals surface area contributed by atoms with Crippen molar-refractivity contribution in [2.75, 3.05) is 20.2 Å². The third-order valence-electron chi connectivity index (χ3n) is 10.5. The van der Waals surface area contributed by atoms with Gasteiger partial charge in [-0.15, -0.1) is 13.2 Å². The molecule has 1 spiro atoms. The number of ether oxygens (including phenoxy) is 2. The summed E-state index contributed by atoms with van der Waals surface area (Å²) in [6.07, 6.45) is 2.80. The molecule has 2 aromatic carbocycles. The molecule has 11 heteroatoms. The third kappa shape index (κ3) is 6.67. The van der Waals surface area contributed by atoms with Gasteiger partial charge in [-0.3, -0.25) is 19.2 Å². The number of benzene rings is 2. The van der Waals surface area contributed by atoms with Crippen LogP contribution in [0.15, 0.2) is 86.0 Å². The number of alkyl halides is 1. The van der Waals surface area contributed by atoms with Crippen LogP contribution in [0.3, 0.4) is 0 Å². The lowest BCUT2D eigenvalue weighted by atomic mass is 9.70. The van der Waals surface area contributed by atoms with E-state index in [1.54, 1.807) is 29.0 Å². The Balaban J connectivity index is 1.56. The van der Waals surface area contributed by atoms with E-state index in [2.05, 4.69) is 29.1 Å². The molecule has 0 aromatic heterocycles. The molecule has 50 heavy (non-hydrogen) atoms. The van der Waals surface area contributed by atoms with Crippen LogP contribution in [0.1, 0.15) is 63.3 Å². The van der Waals surface area contributed by atoms with Crippen molar-refractivity contribution in [3.63, 3.8) is 0 Å². The molecule has 3 saturated heterocycles. The average molecular weight is 751 g/mol. The molecule has 3 heterocycles. The minimum Gasteiger partial charge on any atom is -0.455 e. The van der Waals surface area contributed by atoms with Crippen LogP contribution >= 0.6 is 15.9 Å². The third-order valence-corrected chi connectivity index (χ3v) is 11.4. The zero-order valence-corrected chi connectivity index (χ0v) is 30.8. The Bertz CT molecular complexity index is 1570. The summed E-state index contributed by atoms with van der Waals surface area (Å²) < 4.78 is 13.1. The van der Waals surface area contributed by atoms with Crippen LogP contribution < -0.4 is 0 Å². The van der Waals surface area contributed by atoms with Gasteiger partial charge in [-0.1, -0.05) is 88.7 Å². The van der Waals surface area contributed by atoms with Crippen LogP contribution in [-0.2, 0) is 28.7 Å². The van der Waals surface area contributed by atoms with Crippen molar-refractivity contribution >= 4 is 39.6 Å². The Kier molecular flexibility index (Phi) is 11.7. The summed E-state index contributed by atoms with van der Waals surface area (Å²) in [6.45, 7) is 13.0. The Labute approximate surface area is 303 Å². The molecule has 9 atom stereocenters. The first-order valence-electron chi connectivity index (χ1n) is 17.3. The second-order valence-electron chi connectivity index (χ2n) is 13.7. The summed E-state index contributed by atoms with van der Waals surface area (Å²) >= 11 is 3.74. The number of hydrogen-bond donors (Lipinski definition) is 1.